The minimum absolute atomic E-state index is 0.0476. The first-order valence-corrected chi connectivity index (χ1v) is 8.90. The summed E-state index contributed by atoms with van der Waals surface area (Å²) in [6, 6.07) is 6.35. The Morgan fingerprint density at radius 3 is 2.80 bits per heavy atom. The second-order valence-corrected chi connectivity index (χ2v) is 6.85. The fourth-order valence-electron chi connectivity index (χ4n) is 3.09. The third kappa shape index (κ3) is 6.42. The highest BCUT2D eigenvalue weighted by Gasteiger charge is 2.20. The van der Waals surface area contributed by atoms with E-state index in [0.29, 0.717) is 6.61 Å². The molecule has 25 heavy (non-hydrogen) atoms. The number of methoxy groups -OCH3 is 1. The summed E-state index contributed by atoms with van der Waals surface area (Å²) in [4.78, 5) is 13.6. The van der Waals surface area contributed by atoms with Crippen molar-refractivity contribution in [3.05, 3.63) is 35.4 Å². The van der Waals surface area contributed by atoms with Gasteiger partial charge in [0.1, 0.15) is 6.61 Å². The molecule has 1 saturated heterocycles. The lowest BCUT2D eigenvalue weighted by atomic mass is 10.0. The van der Waals surface area contributed by atoms with E-state index >= 15 is 0 Å². The zero-order chi connectivity index (χ0) is 18.2. The van der Waals surface area contributed by atoms with E-state index in [2.05, 4.69) is 30.1 Å². The van der Waals surface area contributed by atoms with Crippen LogP contribution in [-0.2, 0) is 11.3 Å². The van der Waals surface area contributed by atoms with Gasteiger partial charge in [-0.1, -0.05) is 11.6 Å². The van der Waals surface area contributed by atoms with Crippen molar-refractivity contribution in [1.29, 1.82) is 0 Å². The topological polar surface area (TPSA) is 50.8 Å². The van der Waals surface area contributed by atoms with Crippen LogP contribution in [0.1, 0.15) is 39.2 Å². The van der Waals surface area contributed by atoms with Gasteiger partial charge in [-0.15, -0.1) is 0 Å². The van der Waals surface area contributed by atoms with Gasteiger partial charge in [0, 0.05) is 26.1 Å². The molecule has 1 atom stereocenters. The number of nitrogens with zero attached hydrogens (tertiary/aromatic N) is 1. The minimum atomic E-state index is 0.0476. The maximum absolute atomic E-state index is 11.3. The number of amides is 1. The van der Waals surface area contributed by atoms with E-state index in [0.717, 1.165) is 44.0 Å². The van der Waals surface area contributed by atoms with Crippen molar-refractivity contribution in [2.75, 3.05) is 26.8 Å². The number of carbonyl (C=O) groups excluding carboxylic acids is 1. The highest BCUT2D eigenvalue weighted by atomic mass is 16.5. The molecule has 0 saturated carbocycles. The Labute approximate surface area is 151 Å². The Hall–Kier alpha value is -2.01. The highest BCUT2D eigenvalue weighted by Crippen LogP contribution is 2.29. The van der Waals surface area contributed by atoms with Crippen molar-refractivity contribution >= 4 is 5.91 Å². The Morgan fingerprint density at radius 1 is 1.32 bits per heavy atom. The van der Waals surface area contributed by atoms with E-state index in [-0.39, 0.29) is 11.9 Å². The first kappa shape index (κ1) is 19.3. The van der Waals surface area contributed by atoms with Crippen LogP contribution in [0.4, 0.5) is 0 Å². The number of carbonyl (C=O) groups is 1. The van der Waals surface area contributed by atoms with Crippen LogP contribution in [-0.4, -0.2) is 43.7 Å². The van der Waals surface area contributed by atoms with Crippen LogP contribution in [0.5, 0.6) is 11.5 Å². The molecule has 1 fully saturated rings. The van der Waals surface area contributed by atoms with E-state index in [1.807, 2.05) is 18.2 Å². The average molecular weight is 346 g/mol. The van der Waals surface area contributed by atoms with Crippen LogP contribution in [0, 0.1) is 0 Å². The molecule has 0 aromatic heterocycles. The van der Waals surface area contributed by atoms with Crippen LogP contribution < -0.4 is 14.8 Å². The van der Waals surface area contributed by atoms with Crippen LogP contribution in [0.2, 0.25) is 0 Å². The van der Waals surface area contributed by atoms with Crippen molar-refractivity contribution in [2.45, 2.75) is 46.2 Å². The molecule has 2 rings (SSSR count). The zero-order valence-corrected chi connectivity index (χ0v) is 15.8. The standard InChI is InChI=1S/C20H30N2O3/c1-15(2)9-11-25-19-8-7-17(12-20(19)24-4)13-22-10-5-6-18(14-22)21-16(3)23/h7-9,12,18H,5-6,10-11,13-14H2,1-4H3,(H,21,23). The van der Waals surface area contributed by atoms with Crippen molar-refractivity contribution in [2.24, 2.45) is 0 Å². The van der Waals surface area contributed by atoms with E-state index in [1.165, 1.54) is 11.1 Å². The Morgan fingerprint density at radius 2 is 2.12 bits per heavy atom. The summed E-state index contributed by atoms with van der Waals surface area (Å²) in [6.07, 6.45) is 4.20. The minimum Gasteiger partial charge on any atom is -0.493 e. The molecule has 1 aliphatic rings. The average Bonchev–Trinajstić information content (AvgIpc) is 2.55. The molecule has 0 radical (unpaired) electrons. The number of ether oxygens (including phenoxy) is 2. The molecule has 1 aliphatic heterocycles. The van der Waals surface area contributed by atoms with Gasteiger partial charge in [0.25, 0.3) is 0 Å². The Kier molecular flexibility index (Phi) is 7.31. The smallest absolute Gasteiger partial charge is 0.217 e. The van der Waals surface area contributed by atoms with Gasteiger partial charge in [-0.25, -0.2) is 0 Å². The third-order valence-corrected chi connectivity index (χ3v) is 4.28. The number of hydrogen-bond acceptors (Lipinski definition) is 4. The number of hydrogen-bond donors (Lipinski definition) is 1. The summed E-state index contributed by atoms with van der Waals surface area (Å²) in [7, 11) is 1.67. The molecule has 0 aliphatic carbocycles. The van der Waals surface area contributed by atoms with Crippen LogP contribution in [0.15, 0.2) is 29.8 Å². The van der Waals surface area contributed by atoms with Gasteiger partial charge < -0.3 is 14.8 Å². The van der Waals surface area contributed by atoms with Gasteiger partial charge >= 0.3 is 0 Å². The largest absolute Gasteiger partial charge is 0.493 e. The van der Waals surface area contributed by atoms with Crippen molar-refractivity contribution < 1.29 is 14.3 Å². The van der Waals surface area contributed by atoms with Crippen molar-refractivity contribution in [3.8, 4) is 11.5 Å². The lowest BCUT2D eigenvalue weighted by Gasteiger charge is -2.33. The van der Waals surface area contributed by atoms with Gasteiger partial charge in [-0.3, -0.25) is 9.69 Å². The molecule has 5 nitrogen and oxygen atoms in total. The van der Waals surface area contributed by atoms with Crippen molar-refractivity contribution in [1.82, 2.24) is 10.2 Å². The van der Waals surface area contributed by atoms with E-state index in [4.69, 9.17) is 9.47 Å². The monoisotopic (exact) mass is 346 g/mol. The molecule has 1 unspecified atom stereocenters. The molecule has 1 heterocycles. The molecular weight excluding hydrogens is 316 g/mol. The molecule has 5 heteroatoms. The predicted octanol–water partition coefficient (Wildman–Crippen LogP) is 3.14. The highest BCUT2D eigenvalue weighted by molar-refractivity contribution is 5.73. The van der Waals surface area contributed by atoms with Crippen LogP contribution in [0.3, 0.4) is 0 Å². The van der Waals surface area contributed by atoms with E-state index in [9.17, 15) is 4.79 Å². The fraction of sp³-hybridized carbons (Fsp3) is 0.550. The van der Waals surface area contributed by atoms with Gasteiger partial charge in [0.15, 0.2) is 11.5 Å². The molecule has 1 aromatic rings. The fourth-order valence-corrected chi connectivity index (χ4v) is 3.09. The molecule has 1 N–H and O–H groups in total. The maximum Gasteiger partial charge on any atom is 0.217 e. The van der Waals surface area contributed by atoms with Crippen LogP contribution in [0.25, 0.3) is 0 Å². The van der Waals surface area contributed by atoms with E-state index < -0.39 is 0 Å². The van der Waals surface area contributed by atoms with Gasteiger partial charge in [-0.05, 0) is 57.0 Å². The number of benzene rings is 1. The molecule has 1 amide bonds. The molecular formula is C20H30N2O3. The normalized spacial score (nSPS) is 17.7. The maximum atomic E-state index is 11.3. The quantitative estimate of drug-likeness (QED) is 0.771. The second kappa shape index (κ2) is 9.47. The lowest BCUT2D eigenvalue weighted by molar-refractivity contribution is -0.120. The summed E-state index contributed by atoms with van der Waals surface area (Å²) < 4.78 is 11.3. The number of rotatable bonds is 7. The number of nitrogens with one attached hydrogen (secondary N) is 1. The summed E-state index contributed by atoms with van der Waals surface area (Å²) in [5, 5.41) is 3.03. The number of likely N-dealkylation sites (tertiary alicyclic amines) is 1. The van der Waals surface area contributed by atoms with Gasteiger partial charge in [-0.2, -0.15) is 0 Å². The first-order chi connectivity index (χ1) is 12.0. The second-order valence-electron chi connectivity index (χ2n) is 6.85. The number of piperidine rings is 1. The van der Waals surface area contributed by atoms with E-state index in [1.54, 1.807) is 14.0 Å². The zero-order valence-electron chi connectivity index (χ0n) is 15.8. The predicted molar refractivity (Wildman–Crippen MR) is 100 cm³/mol. The summed E-state index contributed by atoms with van der Waals surface area (Å²) in [6.45, 7) is 9.02. The Balaban J connectivity index is 1.97. The summed E-state index contributed by atoms with van der Waals surface area (Å²) in [5.74, 6) is 1.57. The third-order valence-electron chi connectivity index (χ3n) is 4.28. The Bertz CT molecular complexity index is 609. The van der Waals surface area contributed by atoms with Crippen LogP contribution >= 0.6 is 0 Å². The molecule has 0 spiro atoms. The summed E-state index contributed by atoms with van der Waals surface area (Å²) >= 11 is 0. The SMILES string of the molecule is COc1cc(CN2CCCC(NC(C)=O)C2)ccc1OCC=C(C)C. The molecule has 1 aromatic carbocycles. The van der Waals surface area contributed by atoms with Gasteiger partial charge in [0.2, 0.25) is 5.91 Å². The van der Waals surface area contributed by atoms with Crippen molar-refractivity contribution in [3.63, 3.8) is 0 Å². The first-order valence-electron chi connectivity index (χ1n) is 8.90. The lowest BCUT2D eigenvalue weighted by Crippen LogP contribution is -2.46. The molecule has 138 valence electrons. The summed E-state index contributed by atoms with van der Waals surface area (Å²) in [5.41, 5.74) is 2.42. The van der Waals surface area contributed by atoms with Gasteiger partial charge in [0.05, 0.1) is 7.11 Å². The number of allylic oxidation sites excluding steroid dienone is 1. The molecule has 0 bridgehead atoms.